The summed E-state index contributed by atoms with van der Waals surface area (Å²) >= 11 is 0. The van der Waals surface area contributed by atoms with Crippen LogP contribution in [0.5, 0.6) is 0 Å². The average molecular weight is 170 g/mol. The van der Waals surface area contributed by atoms with E-state index in [9.17, 15) is 5.02 Å². The highest BCUT2D eigenvalue weighted by Crippen LogP contribution is 2.09. The van der Waals surface area contributed by atoms with Gasteiger partial charge < -0.3 is 5.02 Å². The molecule has 0 saturated carbocycles. The predicted molar refractivity (Wildman–Crippen MR) is 56.6 cm³/mol. The van der Waals surface area contributed by atoms with Gasteiger partial charge in [-0.15, -0.1) is 0 Å². The van der Waals surface area contributed by atoms with Gasteiger partial charge in [0.15, 0.2) is 0 Å². The Labute approximate surface area is 77.7 Å². The molecule has 0 fully saturated rings. The van der Waals surface area contributed by atoms with Gasteiger partial charge in [0.1, 0.15) is 0 Å². The minimum absolute atomic E-state index is 0.0249. The average Bonchev–Trinajstić information content (AvgIpc) is 2.06. The van der Waals surface area contributed by atoms with Gasteiger partial charge in [0, 0.05) is 0 Å². The normalized spacial score (nSPS) is 10.2. The van der Waals surface area contributed by atoms with Crippen molar-refractivity contribution in [3.05, 3.63) is 0 Å². The van der Waals surface area contributed by atoms with E-state index in [-0.39, 0.29) is 6.92 Å². The molecule has 0 amide bonds. The zero-order valence-corrected chi connectivity index (χ0v) is 8.68. The molecule has 72 valence electrons. The van der Waals surface area contributed by atoms with E-state index in [1.807, 2.05) is 0 Å². The Morgan fingerprint density at radius 1 is 0.833 bits per heavy atom. The molecule has 0 heterocycles. The third kappa shape index (κ3) is 8.12. The maximum Gasteiger partial charge on any atom is 0.288 e. The van der Waals surface area contributed by atoms with Crippen molar-refractivity contribution >= 4 is 6.92 Å². The summed E-state index contributed by atoms with van der Waals surface area (Å²) in [6.45, 7) is 4.37. The summed E-state index contributed by atoms with van der Waals surface area (Å²) in [5, 5.41) is 9.50. The Bertz CT molecular complexity index is 75.9. The Balaban J connectivity index is 3.04. The molecule has 0 saturated heterocycles. The monoisotopic (exact) mass is 170 g/mol. The molecule has 0 radical (unpaired) electrons. The zero-order chi connectivity index (χ0) is 9.23. The maximum atomic E-state index is 9.50. The molecule has 0 aliphatic carbocycles. The highest BCUT2D eigenvalue weighted by atomic mass is 16.2. The van der Waals surface area contributed by atoms with Gasteiger partial charge in [-0.3, -0.25) is 0 Å². The van der Waals surface area contributed by atoms with Crippen molar-refractivity contribution in [1.82, 2.24) is 0 Å². The van der Waals surface area contributed by atoms with Crippen LogP contribution in [0.15, 0.2) is 0 Å². The largest absolute Gasteiger partial charge is 0.450 e. The summed E-state index contributed by atoms with van der Waals surface area (Å²) in [5.74, 6) is 0. The van der Waals surface area contributed by atoms with Crippen LogP contribution >= 0.6 is 0 Å². The second-order valence-corrected chi connectivity index (χ2v) is 3.65. The van der Waals surface area contributed by atoms with Gasteiger partial charge in [0.2, 0.25) is 0 Å². The first-order valence-corrected chi connectivity index (χ1v) is 5.49. The van der Waals surface area contributed by atoms with Crippen LogP contribution in [-0.4, -0.2) is 11.9 Å². The fourth-order valence-electron chi connectivity index (χ4n) is 1.40. The summed E-state index contributed by atoms with van der Waals surface area (Å²) in [5.41, 5.74) is 0. The van der Waals surface area contributed by atoms with Crippen molar-refractivity contribution < 1.29 is 5.02 Å². The number of rotatable bonds is 8. The Hall–Kier alpha value is 0.0249. The summed E-state index contributed by atoms with van der Waals surface area (Å²) in [6, 6.07) is 0. The SMILES string of the molecule is CCCCCB(O)CCCCC. The van der Waals surface area contributed by atoms with Gasteiger partial charge in [0.05, 0.1) is 0 Å². The molecule has 0 atom stereocenters. The van der Waals surface area contributed by atoms with E-state index in [2.05, 4.69) is 13.8 Å². The lowest BCUT2D eigenvalue weighted by Gasteiger charge is -2.04. The van der Waals surface area contributed by atoms with Gasteiger partial charge >= 0.3 is 0 Å². The Morgan fingerprint density at radius 2 is 1.25 bits per heavy atom. The van der Waals surface area contributed by atoms with Gasteiger partial charge in [-0.05, 0) is 12.6 Å². The minimum Gasteiger partial charge on any atom is -0.450 e. The van der Waals surface area contributed by atoms with E-state index in [1.54, 1.807) is 0 Å². The van der Waals surface area contributed by atoms with E-state index in [4.69, 9.17) is 0 Å². The van der Waals surface area contributed by atoms with Gasteiger partial charge in [0.25, 0.3) is 6.92 Å². The third-order valence-corrected chi connectivity index (χ3v) is 2.28. The molecular formula is C10H23BO. The van der Waals surface area contributed by atoms with E-state index in [1.165, 1.54) is 38.5 Å². The van der Waals surface area contributed by atoms with Gasteiger partial charge in [-0.25, -0.2) is 0 Å². The lowest BCUT2D eigenvalue weighted by molar-refractivity contribution is 0.550. The van der Waals surface area contributed by atoms with Crippen molar-refractivity contribution in [3.8, 4) is 0 Å². The number of hydrogen-bond donors (Lipinski definition) is 1. The van der Waals surface area contributed by atoms with E-state index >= 15 is 0 Å². The second kappa shape index (κ2) is 9.12. The predicted octanol–water partition coefficient (Wildman–Crippen LogP) is 3.35. The highest BCUT2D eigenvalue weighted by molar-refractivity contribution is 6.50. The zero-order valence-electron chi connectivity index (χ0n) is 8.68. The van der Waals surface area contributed by atoms with Crippen LogP contribution in [-0.2, 0) is 0 Å². The van der Waals surface area contributed by atoms with Crippen LogP contribution in [0.25, 0.3) is 0 Å². The molecule has 2 heteroatoms. The van der Waals surface area contributed by atoms with E-state index < -0.39 is 0 Å². The van der Waals surface area contributed by atoms with Crippen molar-refractivity contribution in [2.24, 2.45) is 0 Å². The first kappa shape index (κ1) is 12.0. The van der Waals surface area contributed by atoms with Crippen LogP contribution in [0, 0.1) is 0 Å². The van der Waals surface area contributed by atoms with Crippen LogP contribution in [0.3, 0.4) is 0 Å². The van der Waals surface area contributed by atoms with E-state index in [0.717, 1.165) is 12.6 Å². The molecular weight excluding hydrogens is 147 g/mol. The topological polar surface area (TPSA) is 20.2 Å². The fourth-order valence-corrected chi connectivity index (χ4v) is 1.40. The number of unbranched alkanes of at least 4 members (excludes halogenated alkanes) is 4. The molecule has 1 N–H and O–H groups in total. The molecule has 12 heavy (non-hydrogen) atoms. The van der Waals surface area contributed by atoms with Gasteiger partial charge in [-0.1, -0.05) is 52.4 Å². The van der Waals surface area contributed by atoms with Crippen LogP contribution in [0.4, 0.5) is 0 Å². The van der Waals surface area contributed by atoms with Crippen LogP contribution < -0.4 is 0 Å². The quantitative estimate of drug-likeness (QED) is 0.437. The fraction of sp³-hybridized carbons (Fsp3) is 1.00. The highest BCUT2D eigenvalue weighted by Gasteiger charge is 2.08. The molecule has 1 nitrogen and oxygen atoms in total. The summed E-state index contributed by atoms with van der Waals surface area (Å²) in [4.78, 5) is 0. The van der Waals surface area contributed by atoms with E-state index in [0.29, 0.717) is 0 Å². The molecule has 0 unspecified atom stereocenters. The molecule has 0 rings (SSSR count). The second-order valence-electron chi connectivity index (χ2n) is 3.65. The molecule has 0 aliphatic heterocycles. The lowest BCUT2D eigenvalue weighted by atomic mass is 9.60. The lowest BCUT2D eigenvalue weighted by Crippen LogP contribution is -2.10. The van der Waals surface area contributed by atoms with Crippen molar-refractivity contribution in [2.75, 3.05) is 0 Å². The van der Waals surface area contributed by atoms with Crippen molar-refractivity contribution in [2.45, 2.75) is 65.0 Å². The molecule has 0 aromatic carbocycles. The Kier molecular flexibility index (Phi) is 9.13. The maximum absolute atomic E-state index is 9.50. The molecule has 0 bridgehead atoms. The smallest absolute Gasteiger partial charge is 0.288 e. The third-order valence-electron chi connectivity index (χ3n) is 2.28. The van der Waals surface area contributed by atoms with Crippen molar-refractivity contribution in [3.63, 3.8) is 0 Å². The minimum atomic E-state index is -0.0249. The van der Waals surface area contributed by atoms with Crippen LogP contribution in [0.1, 0.15) is 52.4 Å². The molecule has 0 spiro atoms. The van der Waals surface area contributed by atoms with Gasteiger partial charge in [-0.2, -0.15) is 0 Å². The molecule has 0 aromatic heterocycles. The summed E-state index contributed by atoms with van der Waals surface area (Å²) in [7, 11) is 0. The van der Waals surface area contributed by atoms with Crippen LogP contribution in [0.2, 0.25) is 12.6 Å². The van der Waals surface area contributed by atoms with Crippen molar-refractivity contribution in [1.29, 1.82) is 0 Å². The first-order chi connectivity index (χ1) is 5.81. The molecule has 0 aromatic rings. The Morgan fingerprint density at radius 3 is 1.58 bits per heavy atom. The summed E-state index contributed by atoms with van der Waals surface area (Å²) in [6.07, 6.45) is 9.46. The first-order valence-electron chi connectivity index (χ1n) is 5.49. The number of hydrogen-bond acceptors (Lipinski definition) is 1. The molecule has 0 aliphatic rings. The summed E-state index contributed by atoms with van der Waals surface area (Å²) < 4.78 is 0. The standard InChI is InChI=1S/C10H23BO/c1-3-5-7-9-11(12)10-8-6-4-2/h12H,3-10H2,1-2H3.